The van der Waals surface area contributed by atoms with Crippen LogP contribution in [0.5, 0.6) is 5.75 Å². The molecule has 3 aromatic rings. The summed E-state index contributed by atoms with van der Waals surface area (Å²) in [5, 5.41) is 3.41. The molecule has 0 bridgehead atoms. The maximum Gasteiger partial charge on any atom is 0.225 e. The van der Waals surface area contributed by atoms with Gasteiger partial charge in [-0.15, -0.1) is 0 Å². The molecule has 9 heteroatoms. The quantitative estimate of drug-likeness (QED) is 0.519. The zero-order chi connectivity index (χ0) is 24.1. The molecule has 4 rings (SSSR count). The van der Waals surface area contributed by atoms with Gasteiger partial charge in [0.2, 0.25) is 5.95 Å². The average molecular weight is 482 g/mol. The smallest absolute Gasteiger partial charge is 0.225 e. The monoisotopic (exact) mass is 481 g/mol. The van der Waals surface area contributed by atoms with Gasteiger partial charge in [-0.1, -0.05) is 19.1 Å². The summed E-state index contributed by atoms with van der Waals surface area (Å²) in [6, 6.07) is 11.3. The van der Waals surface area contributed by atoms with Crippen molar-refractivity contribution >= 4 is 21.5 Å². The van der Waals surface area contributed by atoms with Gasteiger partial charge in [-0.3, -0.25) is 0 Å². The van der Waals surface area contributed by atoms with Crippen LogP contribution in [0.3, 0.4) is 0 Å². The summed E-state index contributed by atoms with van der Waals surface area (Å²) in [4.78, 5) is 15.4. The van der Waals surface area contributed by atoms with Gasteiger partial charge in [0.05, 0.1) is 11.4 Å². The Kier molecular flexibility index (Phi) is 7.31. The fraction of sp³-hybridized carbons (Fsp3) is 0.400. The first-order chi connectivity index (χ1) is 16.3. The maximum absolute atomic E-state index is 11.7. The van der Waals surface area contributed by atoms with E-state index in [9.17, 15) is 8.42 Å². The Morgan fingerprint density at radius 3 is 2.29 bits per heavy atom. The number of aryl methyl sites for hydroxylation is 2. The Balaban J connectivity index is 1.26. The third kappa shape index (κ3) is 6.02. The van der Waals surface area contributed by atoms with Crippen LogP contribution < -0.4 is 15.0 Å². The second-order valence-electron chi connectivity index (χ2n) is 8.60. The summed E-state index contributed by atoms with van der Waals surface area (Å²) in [5.41, 5.74) is 3.72. The van der Waals surface area contributed by atoms with E-state index in [-0.39, 0.29) is 11.1 Å². The summed E-state index contributed by atoms with van der Waals surface area (Å²) in [7, 11) is -3.31. The highest BCUT2D eigenvalue weighted by atomic mass is 32.2. The molecule has 1 saturated heterocycles. The highest BCUT2D eigenvalue weighted by Gasteiger charge is 2.22. The Hall–Kier alpha value is -3.20. The third-order valence-electron chi connectivity index (χ3n) is 5.97. The second kappa shape index (κ2) is 10.4. The number of hydrogen-bond donors (Lipinski definition) is 1. The highest BCUT2D eigenvalue weighted by molar-refractivity contribution is 7.90. The predicted molar refractivity (Wildman–Crippen MR) is 133 cm³/mol. The largest absolute Gasteiger partial charge is 0.490 e. The molecule has 8 nitrogen and oxygen atoms in total. The molecule has 180 valence electrons. The fourth-order valence-electron chi connectivity index (χ4n) is 3.87. The SMILES string of the molecule is CCc1cnc(N2CCC(Oc3ccc(CNc4ccc(S(C)(=O)=O)nc4C)cc3)CC2)nc1. The van der Waals surface area contributed by atoms with Gasteiger partial charge in [-0.2, -0.15) is 0 Å². The van der Waals surface area contributed by atoms with Crippen molar-refractivity contribution in [2.45, 2.75) is 50.8 Å². The van der Waals surface area contributed by atoms with E-state index in [1.165, 1.54) is 6.07 Å². The Morgan fingerprint density at radius 2 is 1.71 bits per heavy atom. The maximum atomic E-state index is 11.7. The molecule has 34 heavy (non-hydrogen) atoms. The molecule has 0 saturated carbocycles. The Labute approximate surface area is 201 Å². The Morgan fingerprint density at radius 1 is 1.03 bits per heavy atom. The van der Waals surface area contributed by atoms with Gasteiger partial charge >= 0.3 is 0 Å². The highest BCUT2D eigenvalue weighted by Crippen LogP contribution is 2.22. The first kappa shape index (κ1) is 23.9. The molecule has 0 spiro atoms. The van der Waals surface area contributed by atoms with E-state index in [2.05, 4.69) is 32.1 Å². The minimum absolute atomic E-state index is 0.0878. The molecule has 3 heterocycles. The third-order valence-corrected chi connectivity index (χ3v) is 6.96. The first-order valence-electron chi connectivity index (χ1n) is 11.5. The molecule has 0 radical (unpaired) electrons. The number of hydrogen-bond acceptors (Lipinski definition) is 8. The molecular weight excluding hydrogens is 450 g/mol. The van der Waals surface area contributed by atoms with Crippen LogP contribution in [0.2, 0.25) is 0 Å². The molecule has 1 aliphatic heterocycles. The minimum atomic E-state index is -3.31. The first-order valence-corrected chi connectivity index (χ1v) is 13.4. The number of anilines is 2. The average Bonchev–Trinajstić information content (AvgIpc) is 2.84. The molecule has 0 aliphatic carbocycles. The molecule has 1 N–H and O–H groups in total. The molecule has 0 amide bonds. The van der Waals surface area contributed by atoms with Gasteiger partial charge in [0.25, 0.3) is 0 Å². The van der Waals surface area contributed by atoms with Crippen molar-refractivity contribution in [2.75, 3.05) is 29.6 Å². The van der Waals surface area contributed by atoms with Crippen molar-refractivity contribution in [1.82, 2.24) is 15.0 Å². The zero-order valence-corrected chi connectivity index (χ0v) is 20.7. The van der Waals surface area contributed by atoms with E-state index in [1.807, 2.05) is 36.7 Å². The lowest BCUT2D eigenvalue weighted by Crippen LogP contribution is -2.39. The summed E-state index contributed by atoms with van der Waals surface area (Å²) in [6.07, 6.45) is 7.95. The summed E-state index contributed by atoms with van der Waals surface area (Å²) < 4.78 is 29.5. The van der Waals surface area contributed by atoms with Crippen LogP contribution in [0.25, 0.3) is 0 Å². The van der Waals surface area contributed by atoms with Crippen LogP contribution in [-0.2, 0) is 22.8 Å². The zero-order valence-electron chi connectivity index (χ0n) is 19.9. The normalized spacial score (nSPS) is 14.7. The second-order valence-corrected chi connectivity index (χ2v) is 10.6. The molecule has 0 atom stereocenters. The van der Waals surface area contributed by atoms with Crippen LogP contribution in [0.4, 0.5) is 11.6 Å². The number of pyridine rings is 1. The van der Waals surface area contributed by atoms with E-state index in [1.54, 1.807) is 13.0 Å². The van der Waals surface area contributed by atoms with E-state index in [4.69, 9.17) is 4.74 Å². The molecule has 1 aliphatic rings. The molecular formula is C25H31N5O3S. The predicted octanol–water partition coefficient (Wildman–Crippen LogP) is 3.81. The van der Waals surface area contributed by atoms with Crippen LogP contribution in [-0.4, -0.2) is 48.8 Å². The van der Waals surface area contributed by atoms with Gasteiger partial charge in [0, 0.05) is 51.1 Å². The van der Waals surface area contributed by atoms with E-state index in [0.29, 0.717) is 12.2 Å². The van der Waals surface area contributed by atoms with Crippen LogP contribution in [0, 0.1) is 6.92 Å². The van der Waals surface area contributed by atoms with Crippen LogP contribution in [0.1, 0.15) is 36.6 Å². The van der Waals surface area contributed by atoms with Crippen molar-refractivity contribution in [3.05, 3.63) is 65.6 Å². The lowest BCUT2D eigenvalue weighted by atomic mass is 10.1. The van der Waals surface area contributed by atoms with Gasteiger partial charge in [-0.05, 0) is 48.7 Å². The van der Waals surface area contributed by atoms with Gasteiger partial charge in [0.1, 0.15) is 11.9 Å². The number of nitrogens with zero attached hydrogens (tertiary/aromatic N) is 4. The number of piperidine rings is 1. The fourth-order valence-corrected chi connectivity index (χ4v) is 4.49. The Bertz CT molecular complexity index is 1210. The number of benzene rings is 1. The van der Waals surface area contributed by atoms with Crippen molar-refractivity contribution in [3.63, 3.8) is 0 Å². The van der Waals surface area contributed by atoms with Crippen LogP contribution >= 0.6 is 0 Å². The molecule has 2 aromatic heterocycles. The van der Waals surface area contributed by atoms with Crippen LogP contribution in [0.15, 0.2) is 53.8 Å². The topological polar surface area (TPSA) is 97.3 Å². The molecule has 1 fully saturated rings. The summed E-state index contributed by atoms with van der Waals surface area (Å²) >= 11 is 0. The summed E-state index contributed by atoms with van der Waals surface area (Å²) in [5.74, 6) is 1.66. The molecule has 1 aromatic carbocycles. The lowest BCUT2D eigenvalue weighted by Gasteiger charge is -2.32. The van der Waals surface area contributed by atoms with E-state index >= 15 is 0 Å². The molecule has 0 unspecified atom stereocenters. The minimum Gasteiger partial charge on any atom is -0.490 e. The lowest BCUT2D eigenvalue weighted by molar-refractivity contribution is 0.170. The van der Waals surface area contributed by atoms with E-state index < -0.39 is 9.84 Å². The van der Waals surface area contributed by atoms with E-state index in [0.717, 1.165) is 67.1 Å². The number of nitrogens with one attached hydrogen (secondary N) is 1. The number of sulfone groups is 1. The number of rotatable bonds is 8. The standard InChI is InChI=1S/C25H31N5O3S/c1-4-19-15-27-25(28-16-19)30-13-11-22(12-14-30)33-21-7-5-20(6-8-21)17-26-23-9-10-24(29-18(23)2)34(3,31)32/h5-10,15-16,22,26H,4,11-14,17H2,1-3H3. The van der Waals surface area contributed by atoms with Gasteiger partial charge < -0.3 is 15.0 Å². The number of aromatic nitrogens is 3. The van der Waals surface area contributed by atoms with Gasteiger partial charge in [-0.25, -0.2) is 23.4 Å². The van der Waals surface area contributed by atoms with Crippen molar-refractivity contribution in [3.8, 4) is 5.75 Å². The van der Waals surface area contributed by atoms with Gasteiger partial charge in [0.15, 0.2) is 14.9 Å². The number of ether oxygens (including phenoxy) is 1. The summed E-state index contributed by atoms with van der Waals surface area (Å²) in [6.45, 7) is 6.26. The van der Waals surface area contributed by atoms with Crippen molar-refractivity contribution in [1.29, 1.82) is 0 Å². The van der Waals surface area contributed by atoms with Crippen molar-refractivity contribution in [2.24, 2.45) is 0 Å². The van der Waals surface area contributed by atoms with Crippen molar-refractivity contribution < 1.29 is 13.2 Å².